The number of halogens is 1. The summed E-state index contributed by atoms with van der Waals surface area (Å²) < 4.78 is 0. The minimum atomic E-state index is -0.0701. The van der Waals surface area contributed by atoms with Gasteiger partial charge in [-0.15, -0.1) is 0 Å². The third kappa shape index (κ3) is 3.21. The van der Waals surface area contributed by atoms with Crippen LogP contribution in [0, 0.1) is 0 Å². The number of amides is 1. The second-order valence-corrected chi connectivity index (χ2v) is 6.34. The van der Waals surface area contributed by atoms with Gasteiger partial charge in [-0.3, -0.25) is 4.79 Å². The summed E-state index contributed by atoms with van der Waals surface area (Å²) in [7, 11) is 0. The first-order valence-corrected chi connectivity index (χ1v) is 8.47. The standard InChI is InChI=1S/C20H16ClN3O/c21-15-5-3-6-16(12-15)23-17-8-9-18(22-13-17)20(25)24-11-10-14-4-1-2-7-19(14)24/h1-9,12-13,23H,10-11H2. The van der Waals surface area contributed by atoms with Crippen molar-refractivity contribution >= 4 is 34.6 Å². The summed E-state index contributed by atoms with van der Waals surface area (Å²) >= 11 is 5.99. The van der Waals surface area contributed by atoms with Gasteiger partial charge in [0.1, 0.15) is 5.69 Å². The van der Waals surface area contributed by atoms with E-state index in [9.17, 15) is 4.79 Å². The maximum absolute atomic E-state index is 12.7. The molecule has 1 amide bonds. The third-order valence-electron chi connectivity index (χ3n) is 4.23. The number of benzene rings is 2. The molecule has 1 aromatic heterocycles. The minimum Gasteiger partial charge on any atom is -0.354 e. The van der Waals surface area contributed by atoms with Crippen molar-refractivity contribution in [1.82, 2.24) is 4.98 Å². The Morgan fingerprint density at radius 1 is 1.04 bits per heavy atom. The molecule has 1 aliphatic heterocycles. The van der Waals surface area contributed by atoms with Crippen LogP contribution >= 0.6 is 11.6 Å². The van der Waals surface area contributed by atoms with Crippen LogP contribution in [0.25, 0.3) is 0 Å². The Labute approximate surface area is 151 Å². The van der Waals surface area contributed by atoms with Gasteiger partial charge in [-0.2, -0.15) is 0 Å². The Hall–Kier alpha value is -2.85. The van der Waals surface area contributed by atoms with Crippen molar-refractivity contribution in [2.24, 2.45) is 0 Å². The van der Waals surface area contributed by atoms with Gasteiger partial charge in [0.05, 0.1) is 11.9 Å². The molecule has 4 rings (SSSR count). The topological polar surface area (TPSA) is 45.2 Å². The van der Waals surface area contributed by atoms with Crippen molar-refractivity contribution in [2.75, 3.05) is 16.8 Å². The first-order chi connectivity index (χ1) is 12.2. The normalized spacial score (nSPS) is 12.8. The number of para-hydroxylation sites is 1. The second kappa shape index (κ2) is 6.57. The van der Waals surface area contributed by atoms with Gasteiger partial charge in [0.2, 0.25) is 0 Å². The van der Waals surface area contributed by atoms with E-state index in [1.807, 2.05) is 48.5 Å². The molecule has 0 fully saturated rings. The van der Waals surface area contributed by atoms with Gasteiger partial charge < -0.3 is 10.2 Å². The van der Waals surface area contributed by atoms with Crippen molar-refractivity contribution < 1.29 is 4.79 Å². The molecule has 0 bridgehead atoms. The molecule has 0 saturated carbocycles. The number of aromatic nitrogens is 1. The molecule has 0 aliphatic carbocycles. The summed E-state index contributed by atoms with van der Waals surface area (Å²) in [5.41, 5.74) is 4.31. The second-order valence-electron chi connectivity index (χ2n) is 5.90. The minimum absolute atomic E-state index is 0.0701. The highest BCUT2D eigenvalue weighted by atomic mass is 35.5. The summed E-state index contributed by atoms with van der Waals surface area (Å²) in [6, 6.07) is 19.1. The number of nitrogens with one attached hydrogen (secondary N) is 1. The van der Waals surface area contributed by atoms with E-state index in [4.69, 9.17) is 11.6 Å². The molecule has 4 nitrogen and oxygen atoms in total. The van der Waals surface area contributed by atoms with E-state index < -0.39 is 0 Å². The Morgan fingerprint density at radius 2 is 1.92 bits per heavy atom. The Morgan fingerprint density at radius 3 is 2.72 bits per heavy atom. The highest BCUT2D eigenvalue weighted by Crippen LogP contribution is 2.28. The summed E-state index contributed by atoms with van der Waals surface area (Å²) in [5, 5.41) is 3.89. The lowest BCUT2D eigenvalue weighted by Crippen LogP contribution is -2.29. The Kier molecular flexibility index (Phi) is 4.12. The Balaban J connectivity index is 1.52. The molecule has 25 heavy (non-hydrogen) atoms. The van der Waals surface area contributed by atoms with Crippen molar-refractivity contribution in [2.45, 2.75) is 6.42 Å². The Bertz CT molecular complexity index is 924. The fraction of sp³-hybridized carbons (Fsp3) is 0.100. The number of hydrogen-bond donors (Lipinski definition) is 1. The van der Waals surface area contributed by atoms with Gasteiger partial charge in [-0.25, -0.2) is 4.98 Å². The summed E-state index contributed by atoms with van der Waals surface area (Å²) in [5.74, 6) is -0.0701. The molecule has 124 valence electrons. The molecule has 3 aromatic rings. The van der Waals surface area contributed by atoms with E-state index in [1.165, 1.54) is 5.56 Å². The van der Waals surface area contributed by atoms with E-state index in [-0.39, 0.29) is 5.91 Å². The zero-order valence-electron chi connectivity index (χ0n) is 13.4. The van der Waals surface area contributed by atoms with E-state index in [0.29, 0.717) is 17.3 Å². The highest BCUT2D eigenvalue weighted by Gasteiger charge is 2.25. The van der Waals surface area contributed by atoms with Crippen molar-refractivity contribution in [1.29, 1.82) is 0 Å². The highest BCUT2D eigenvalue weighted by molar-refractivity contribution is 6.30. The number of anilines is 3. The molecule has 0 unspecified atom stereocenters. The quantitative estimate of drug-likeness (QED) is 0.746. The van der Waals surface area contributed by atoms with Crippen LogP contribution < -0.4 is 10.2 Å². The molecule has 0 radical (unpaired) electrons. The van der Waals surface area contributed by atoms with Crippen molar-refractivity contribution in [3.63, 3.8) is 0 Å². The van der Waals surface area contributed by atoms with Crippen LogP contribution in [0.5, 0.6) is 0 Å². The van der Waals surface area contributed by atoms with E-state index in [2.05, 4.69) is 16.4 Å². The largest absolute Gasteiger partial charge is 0.354 e. The van der Waals surface area contributed by atoms with E-state index >= 15 is 0 Å². The first kappa shape index (κ1) is 15.7. The molecule has 2 aromatic carbocycles. The molecular weight excluding hydrogens is 334 g/mol. The van der Waals surface area contributed by atoms with Crippen LogP contribution in [0.1, 0.15) is 16.1 Å². The van der Waals surface area contributed by atoms with Crippen LogP contribution in [0.4, 0.5) is 17.1 Å². The smallest absolute Gasteiger partial charge is 0.276 e. The van der Waals surface area contributed by atoms with Crippen molar-refractivity contribution in [3.05, 3.63) is 83.1 Å². The van der Waals surface area contributed by atoms with Gasteiger partial charge in [0.15, 0.2) is 0 Å². The number of carbonyl (C=O) groups is 1. The van der Waals surface area contributed by atoms with E-state index in [1.54, 1.807) is 17.2 Å². The lowest BCUT2D eigenvalue weighted by atomic mass is 10.2. The summed E-state index contributed by atoms with van der Waals surface area (Å²) in [4.78, 5) is 18.9. The van der Waals surface area contributed by atoms with Crippen LogP contribution in [0.2, 0.25) is 5.02 Å². The SMILES string of the molecule is O=C(c1ccc(Nc2cccc(Cl)c2)cn1)N1CCc2ccccc21. The van der Waals surface area contributed by atoms with Gasteiger partial charge >= 0.3 is 0 Å². The van der Waals surface area contributed by atoms with Gasteiger partial charge in [0, 0.05) is 22.9 Å². The van der Waals surface area contributed by atoms with Crippen LogP contribution in [0.3, 0.4) is 0 Å². The third-order valence-corrected chi connectivity index (χ3v) is 4.46. The molecule has 1 aliphatic rings. The first-order valence-electron chi connectivity index (χ1n) is 8.09. The fourth-order valence-corrected chi connectivity index (χ4v) is 3.20. The molecule has 2 heterocycles. The summed E-state index contributed by atoms with van der Waals surface area (Å²) in [6.45, 7) is 0.697. The van der Waals surface area contributed by atoms with Crippen LogP contribution in [-0.2, 0) is 6.42 Å². The number of carbonyl (C=O) groups excluding carboxylic acids is 1. The molecule has 1 N–H and O–H groups in total. The molecular formula is C20H16ClN3O. The number of fused-ring (bicyclic) bond motifs is 1. The molecule has 0 spiro atoms. The lowest BCUT2D eigenvalue weighted by Gasteiger charge is -2.17. The maximum Gasteiger partial charge on any atom is 0.276 e. The number of hydrogen-bond acceptors (Lipinski definition) is 3. The monoisotopic (exact) mass is 349 g/mol. The van der Waals surface area contributed by atoms with Crippen LogP contribution in [-0.4, -0.2) is 17.4 Å². The predicted molar refractivity (Wildman–Crippen MR) is 101 cm³/mol. The number of rotatable bonds is 3. The molecule has 0 saturated heterocycles. The number of pyridine rings is 1. The molecule has 5 heteroatoms. The van der Waals surface area contributed by atoms with Crippen LogP contribution in [0.15, 0.2) is 66.9 Å². The van der Waals surface area contributed by atoms with Crippen molar-refractivity contribution in [3.8, 4) is 0 Å². The number of nitrogens with zero attached hydrogens (tertiary/aromatic N) is 2. The maximum atomic E-state index is 12.7. The fourth-order valence-electron chi connectivity index (χ4n) is 3.01. The average Bonchev–Trinajstić information content (AvgIpc) is 3.06. The predicted octanol–water partition coefficient (Wildman–Crippen LogP) is 4.68. The van der Waals surface area contributed by atoms with E-state index in [0.717, 1.165) is 23.5 Å². The molecule has 0 atom stereocenters. The average molecular weight is 350 g/mol. The van der Waals surface area contributed by atoms with Gasteiger partial charge in [-0.05, 0) is 48.4 Å². The summed E-state index contributed by atoms with van der Waals surface area (Å²) in [6.07, 6.45) is 2.55. The van der Waals surface area contributed by atoms with Gasteiger partial charge in [-0.1, -0.05) is 35.9 Å². The van der Waals surface area contributed by atoms with Gasteiger partial charge in [0.25, 0.3) is 5.91 Å². The lowest BCUT2D eigenvalue weighted by molar-refractivity contribution is 0.0984. The zero-order valence-corrected chi connectivity index (χ0v) is 14.2. The zero-order chi connectivity index (χ0) is 17.2.